The van der Waals surface area contributed by atoms with Crippen LogP contribution in [-0.2, 0) is 11.2 Å². The molecule has 0 bridgehead atoms. The molecule has 0 N–H and O–H groups in total. The highest BCUT2D eigenvalue weighted by Crippen LogP contribution is 2.39. The first kappa shape index (κ1) is 15.4. The van der Waals surface area contributed by atoms with Gasteiger partial charge in [-0.2, -0.15) is 18.4 Å². The van der Waals surface area contributed by atoms with Crippen LogP contribution in [0.15, 0.2) is 17.0 Å². The molecule has 1 aromatic rings. The Balaban J connectivity index is 3.41. The minimum atomic E-state index is -4.52. The fourth-order valence-corrected chi connectivity index (χ4v) is 2.23. The van der Waals surface area contributed by atoms with Gasteiger partial charge in [0.2, 0.25) is 0 Å². The third-order valence-electron chi connectivity index (χ3n) is 2.32. The normalized spacial score (nSPS) is 10.9. The molecule has 0 aromatic heterocycles. The molecule has 0 atom stereocenters. The molecule has 0 saturated carbocycles. The summed E-state index contributed by atoms with van der Waals surface area (Å²) in [6.45, 7) is 1.69. The second kappa shape index (κ2) is 5.97. The van der Waals surface area contributed by atoms with Crippen molar-refractivity contribution < 1.29 is 22.7 Å². The molecule has 0 aliphatic rings. The summed E-state index contributed by atoms with van der Waals surface area (Å²) in [5.41, 5.74) is -4.19. The van der Waals surface area contributed by atoms with E-state index in [9.17, 15) is 18.0 Å². The van der Waals surface area contributed by atoms with E-state index in [1.165, 1.54) is 6.07 Å². The van der Waals surface area contributed by atoms with Crippen LogP contribution in [0.25, 0.3) is 0 Å². The molecule has 3 nitrogen and oxygen atoms in total. The van der Waals surface area contributed by atoms with Crippen LogP contribution in [0.1, 0.15) is 28.4 Å². The van der Waals surface area contributed by atoms with Crippen molar-refractivity contribution >= 4 is 17.7 Å². The minimum Gasteiger partial charge on any atom is -0.465 e. The van der Waals surface area contributed by atoms with Gasteiger partial charge in [-0.25, -0.2) is 4.79 Å². The molecule has 0 heterocycles. The number of hydrogen-bond acceptors (Lipinski definition) is 4. The minimum absolute atomic E-state index is 0.00472. The fraction of sp³-hybridized carbons (Fsp3) is 0.333. The molecular formula is C12H10F3NO2S. The summed E-state index contributed by atoms with van der Waals surface area (Å²) in [5.74, 6) is -0.733. The highest BCUT2D eigenvalue weighted by molar-refractivity contribution is 8.00. The summed E-state index contributed by atoms with van der Waals surface area (Å²) in [6, 6.07) is 4.16. The van der Waals surface area contributed by atoms with Gasteiger partial charge >= 0.3 is 11.5 Å². The van der Waals surface area contributed by atoms with Crippen molar-refractivity contribution in [2.24, 2.45) is 0 Å². The first-order chi connectivity index (χ1) is 8.82. The van der Waals surface area contributed by atoms with E-state index in [2.05, 4.69) is 4.74 Å². The van der Waals surface area contributed by atoms with Crippen molar-refractivity contribution in [2.45, 2.75) is 23.7 Å². The van der Waals surface area contributed by atoms with Gasteiger partial charge in [0.15, 0.2) is 0 Å². The highest BCUT2D eigenvalue weighted by atomic mass is 32.2. The van der Waals surface area contributed by atoms with Gasteiger partial charge in [0.25, 0.3) is 0 Å². The lowest BCUT2D eigenvalue weighted by Gasteiger charge is -2.12. The van der Waals surface area contributed by atoms with Gasteiger partial charge in [-0.1, -0.05) is 6.92 Å². The first-order valence-corrected chi connectivity index (χ1v) is 6.05. The van der Waals surface area contributed by atoms with Gasteiger partial charge in [0.05, 0.1) is 18.2 Å². The monoisotopic (exact) mass is 289 g/mol. The molecule has 0 saturated heterocycles. The predicted molar refractivity (Wildman–Crippen MR) is 63.8 cm³/mol. The molecule has 1 rings (SSSR count). The SMILES string of the molecule is CCc1cc(C(=O)OC)cc(SC(F)(F)F)c1C#N. The standard InChI is InChI=1S/C12H10F3NO2S/c1-3-7-4-8(11(17)18-2)5-10(9(7)6-16)19-12(13,14)15/h4-5H,3H2,1-2H3. The van der Waals surface area contributed by atoms with E-state index < -0.39 is 23.2 Å². The zero-order chi connectivity index (χ0) is 14.6. The number of nitrogens with zero attached hydrogens (tertiary/aromatic N) is 1. The number of ether oxygens (including phenoxy) is 1. The number of thioether (sulfide) groups is 1. The zero-order valence-electron chi connectivity index (χ0n) is 10.2. The third-order valence-corrected chi connectivity index (χ3v) is 3.10. The van der Waals surface area contributed by atoms with Crippen LogP contribution in [0.5, 0.6) is 0 Å². The summed E-state index contributed by atoms with van der Waals surface area (Å²) in [5, 5.41) is 8.97. The molecule has 1 aromatic carbocycles. The number of halogens is 3. The first-order valence-electron chi connectivity index (χ1n) is 5.23. The zero-order valence-corrected chi connectivity index (χ0v) is 11.0. The van der Waals surface area contributed by atoms with Crippen molar-refractivity contribution in [1.29, 1.82) is 5.26 Å². The number of carbonyl (C=O) groups is 1. The predicted octanol–water partition coefficient (Wildman–Crippen LogP) is 3.52. The Bertz CT molecular complexity index is 535. The van der Waals surface area contributed by atoms with Gasteiger partial charge in [-0.3, -0.25) is 0 Å². The molecule has 0 fully saturated rings. The number of hydrogen-bond donors (Lipinski definition) is 0. The average Bonchev–Trinajstić information content (AvgIpc) is 2.34. The largest absolute Gasteiger partial charge is 0.465 e. The summed E-state index contributed by atoms with van der Waals surface area (Å²) in [6.07, 6.45) is 0.346. The molecule has 0 radical (unpaired) electrons. The number of esters is 1. The van der Waals surface area contributed by atoms with E-state index in [0.717, 1.165) is 13.2 Å². The third kappa shape index (κ3) is 3.89. The van der Waals surface area contributed by atoms with Crippen molar-refractivity contribution in [1.82, 2.24) is 0 Å². The number of aryl methyl sites for hydroxylation is 1. The molecule has 7 heteroatoms. The van der Waals surface area contributed by atoms with Crippen molar-refractivity contribution in [2.75, 3.05) is 7.11 Å². The number of benzene rings is 1. The van der Waals surface area contributed by atoms with Crippen molar-refractivity contribution in [3.05, 3.63) is 28.8 Å². The van der Waals surface area contributed by atoms with E-state index in [4.69, 9.17) is 5.26 Å². The molecule has 0 spiro atoms. The summed E-state index contributed by atoms with van der Waals surface area (Å²) < 4.78 is 41.8. The Hall–Kier alpha value is -1.68. The number of alkyl halides is 3. The molecule has 0 amide bonds. The van der Waals surface area contributed by atoms with Crippen LogP contribution >= 0.6 is 11.8 Å². The molecule has 0 aliphatic carbocycles. The maximum absolute atomic E-state index is 12.4. The fourth-order valence-electron chi connectivity index (χ4n) is 1.52. The van der Waals surface area contributed by atoms with E-state index in [0.29, 0.717) is 12.0 Å². The van der Waals surface area contributed by atoms with E-state index in [-0.39, 0.29) is 16.0 Å². The molecule has 102 valence electrons. The van der Waals surface area contributed by atoms with Crippen molar-refractivity contribution in [3.8, 4) is 6.07 Å². The lowest BCUT2D eigenvalue weighted by Crippen LogP contribution is -2.07. The van der Waals surface area contributed by atoms with Crippen LogP contribution in [-0.4, -0.2) is 18.6 Å². The van der Waals surface area contributed by atoms with Gasteiger partial charge < -0.3 is 4.74 Å². The van der Waals surface area contributed by atoms with E-state index in [1.54, 1.807) is 13.0 Å². The molecular weight excluding hydrogens is 279 g/mol. The second-order valence-corrected chi connectivity index (χ2v) is 4.62. The van der Waals surface area contributed by atoms with Gasteiger partial charge in [0.1, 0.15) is 6.07 Å². The quantitative estimate of drug-likeness (QED) is 0.631. The Kier molecular flexibility index (Phi) is 4.84. The van der Waals surface area contributed by atoms with Gasteiger partial charge in [-0.15, -0.1) is 0 Å². The van der Waals surface area contributed by atoms with Gasteiger partial charge in [0, 0.05) is 4.90 Å². The lowest BCUT2D eigenvalue weighted by molar-refractivity contribution is -0.0328. The van der Waals surface area contributed by atoms with Crippen LogP contribution in [0.2, 0.25) is 0 Å². The number of carbonyl (C=O) groups excluding carboxylic acids is 1. The smallest absolute Gasteiger partial charge is 0.446 e. The topological polar surface area (TPSA) is 50.1 Å². The lowest BCUT2D eigenvalue weighted by atomic mass is 10.0. The van der Waals surface area contributed by atoms with Crippen LogP contribution in [0.3, 0.4) is 0 Å². The van der Waals surface area contributed by atoms with Crippen LogP contribution in [0.4, 0.5) is 13.2 Å². The summed E-state index contributed by atoms with van der Waals surface area (Å²) in [4.78, 5) is 11.1. The Morgan fingerprint density at radius 2 is 2.11 bits per heavy atom. The summed E-state index contributed by atoms with van der Waals surface area (Å²) >= 11 is -0.407. The van der Waals surface area contributed by atoms with Crippen LogP contribution < -0.4 is 0 Å². The molecule has 0 unspecified atom stereocenters. The molecule has 19 heavy (non-hydrogen) atoms. The van der Waals surface area contributed by atoms with Crippen LogP contribution in [0, 0.1) is 11.3 Å². The second-order valence-electron chi connectivity index (χ2n) is 3.51. The number of methoxy groups -OCH3 is 1. The molecule has 0 aliphatic heterocycles. The Morgan fingerprint density at radius 1 is 1.47 bits per heavy atom. The van der Waals surface area contributed by atoms with E-state index >= 15 is 0 Å². The van der Waals surface area contributed by atoms with Gasteiger partial charge in [-0.05, 0) is 35.9 Å². The van der Waals surface area contributed by atoms with Crippen molar-refractivity contribution in [3.63, 3.8) is 0 Å². The summed E-state index contributed by atoms with van der Waals surface area (Å²) in [7, 11) is 1.14. The maximum Gasteiger partial charge on any atom is 0.446 e. The number of nitriles is 1. The Morgan fingerprint density at radius 3 is 2.53 bits per heavy atom. The Labute approximate surface area is 112 Å². The average molecular weight is 289 g/mol. The van der Waals surface area contributed by atoms with E-state index in [1.807, 2.05) is 0 Å². The number of rotatable bonds is 3. The maximum atomic E-state index is 12.4. The highest BCUT2D eigenvalue weighted by Gasteiger charge is 2.31.